The molecule has 3 rings (SSSR count). The van der Waals surface area contributed by atoms with E-state index in [1.807, 2.05) is 32.3 Å². The molecule has 0 saturated heterocycles. The van der Waals surface area contributed by atoms with Gasteiger partial charge in [-0.05, 0) is 31.2 Å². The summed E-state index contributed by atoms with van der Waals surface area (Å²) in [6, 6.07) is 1.64. The van der Waals surface area contributed by atoms with Crippen LogP contribution >= 0.6 is 46.4 Å². The summed E-state index contributed by atoms with van der Waals surface area (Å²) >= 11 is 25.0. The fraction of sp³-hybridized carbons (Fsp3) is 0.312. The number of halogens is 4. The predicted molar refractivity (Wildman–Crippen MR) is 96.9 cm³/mol. The van der Waals surface area contributed by atoms with Crippen LogP contribution in [0.2, 0.25) is 10.0 Å². The van der Waals surface area contributed by atoms with Crippen molar-refractivity contribution in [1.29, 1.82) is 0 Å². The topological polar surface area (TPSA) is 50.4 Å². The lowest BCUT2D eigenvalue weighted by atomic mass is 9.82. The molecule has 24 heavy (non-hydrogen) atoms. The molecule has 1 aromatic rings. The molecule has 8 heteroatoms. The second kappa shape index (κ2) is 6.11. The minimum absolute atomic E-state index is 0.117. The Labute approximate surface area is 159 Å². The van der Waals surface area contributed by atoms with Crippen LogP contribution < -0.4 is 10.6 Å². The molecule has 1 heterocycles. The van der Waals surface area contributed by atoms with Gasteiger partial charge in [-0.2, -0.15) is 0 Å². The summed E-state index contributed by atoms with van der Waals surface area (Å²) in [4.78, 5) is 12.1. The smallest absolute Gasteiger partial charge is 0.341 e. The van der Waals surface area contributed by atoms with Crippen LogP contribution in [0.15, 0.2) is 30.0 Å². The number of ether oxygens (including phenoxy) is 1. The summed E-state index contributed by atoms with van der Waals surface area (Å²) < 4.78 is 3.15. The van der Waals surface area contributed by atoms with Gasteiger partial charge >= 0.3 is 5.97 Å². The van der Waals surface area contributed by atoms with Gasteiger partial charge in [-0.1, -0.05) is 58.6 Å². The van der Waals surface area contributed by atoms with Crippen molar-refractivity contribution < 1.29 is 9.53 Å². The molecule has 1 aliphatic heterocycles. The number of hydrogen-bond acceptors (Lipinski definition) is 4. The van der Waals surface area contributed by atoms with E-state index in [1.165, 1.54) is 0 Å². The number of nitrogens with one attached hydrogen (secondary N) is 2. The molecule has 0 aromatic heterocycles. The fourth-order valence-electron chi connectivity index (χ4n) is 2.96. The molecule has 0 amide bonds. The van der Waals surface area contributed by atoms with Crippen molar-refractivity contribution in [2.24, 2.45) is 0 Å². The molecule has 4 nitrogen and oxygen atoms in total. The molecule has 0 saturated carbocycles. The zero-order valence-corrected chi connectivity index (χ0v) is 15.9. The van der Waals surface area contributed by atoms with Crippen molar-refractivity contribution in [3.05, 3.63) is 56.7 Å². The Hall–Kier alpha value is -0.910. The first-order valence-corrected chi connectivity index (χ1v) is 8.67. The zero-order chi connectivity index (χ0) is 17.7. The summed E-state index contributed by atoms with van der Waals surface area (Å²) in [5.74, 6) is -0.632. The summed E-state index contributed by atoms with van der Waals surface area (Å²) in [6.45, 7) is 0. The molecule has 1 atom stereocenters. The van der Waals surface area contributed by atoms with Crippen LogP contribution in [0.1, 0.15) is 27.9 Å². The molecular weight excluding hydrogens is 394 g/mol. The quantitative estimate of drug-likeness (QED) is 0.581. The Morgan fingerprint density at radius 2 is 1.92 bits per heavy atom. The number of esters is 1. The Morgan fingerprint density at radius 3 is 2.46 bits per heavy atom. The van der Waals surface area contributed by atoms with E-state index < -0.39 is 16.0 Å². The Bertz CT molecular complexity index is 789. The SMILES string of the molecule is CNC1=CCC(NC)(c2cc3c(c(Cl)c2Cl)C(Cl)(Cl)OC3=O)C=C1. The first-order valence-electron chi connectivity index (χ1n) is 7.16. The lowest BCUT2D eigenvalue weighted by Gasteiger charge is -2.34. The third-order valence-electron chi connectivity index (χ3n) is 4.35. The minimum Gasteiger partial charge on any atom is -0.421 e. The van der Waals surface area contributed by atoms with E-state index in [-0.39, 0.29) is 21.2 Å². The Kier molecular flexibility index (Phi) is 4.56. The summed E-state index contributed by atoms with van der Waals surface area (Å²) in [6.07, 6.45) is 6.55. The van der Waals surface area contributed by atoms with Gasteiger partial charge in [-0.15, -0.1) is 0 Å². The largest absolute Gasteiger partial charge is 0.421 e. The highest BCUT2D eigenvalue weighted by Gasteiger charge is 2.47. The zero-order valence-electron chi connectivity index (χ0n) is 12.8. The molecule has 1 aliphatic carbocycles. The van der Waals surface area contributed by atoms with Gasteiger partial charge in [0.25, 0.3) is 4.52 Å². The van der Waals surface area contributed by atoms with Crippen molar-refractivity contribution >= 4 is 52.4 Å². The van der Waals surface area contributed by atoms with Gasteiger partial charge in [0, 0.05) is 12.7 Å². The van der Waals surface area contributed by atoms with Gasteiger partial charge in [0.2, 0.25) is 0 Å². The number of alkyl halides is 2. The Balaban J connectivity index is 2.19. The summed E-state index contributed by atoms with van der Waals surface area (Å²) in [5.41, 5.74) is 1.44. The lowest BCUT2D eigenvalue weighted by molar-refractivity contribution is 0.0448. The van der Waals surface area contributed by atoms with Gasteiger partial charge in [0.1, 0.15) is 0 Å². The number of rotatable bonds is 3. The van der Waals surface area contributed by atoms with Crippen LogP contribution in [0.5, 0.6) is 0 Å². The molecule has 1 unspecified atom stereocenters. The third kappa shape index (κ3) is 2.61. The first-order chi connectivity index (χ1) is 11.3. The van der Waals surface area contributed by atoms with E-state index in [0.717, 1.165) is 5.70 Å². The van der Waals surface area contributed by atoms with Crippen LogP contribution in [0.3, 0.4) is 0 Å². The van der Waals surface area contributed by atoms with Gasteiger partial charge in [-0.25, -0.2) is 4.79 Å². The number of carbonyl (C=O) groups is 1. The molecule has 0 bridgehead atoms. The highest BCUT2D eigenvalue weighted by Crippen LogP contribution is 2.51. The Morgan fingerprint density at radius 1 is 1.21 bits per heavy atom. The number of carbonyl (C=O) groups excluding carboxylic acids is 1. The van der Waals surface area contributed by atoms with Crippen molar-refractivity contribution in [2.75, 3.05) is 14.1 Å². The molecule has 0 spiro atoms. The van der Waals surface area contributed by atoms with Crippen LogP contribution in [-0.2, 0) is 14.8 Å². The average Bonchev–Trinajstić information content (AvgIpc) is 2.79. The van der Waals surface area contributed by atoms with Gasteiger partial charge < -0.3 is 15.4 Å². The van der Waals surface area contributed by atoms with E-state index in [1.54, 1.807) is 6.07 Å². The maximum Gasteiger partial charge on any atom is 0.341 e. The number of benzene rings is 1. The standard InChI is InChI=1S/C16H14Cl4N2O2/c1-21-8-3-5-15(22-2,6-4-8)10-7-9-11(13(18)12(10)17)16(19,20)24-14(9)23/h3-5,7,21-22H,6H2,1-2H3. The predicted octanol–water partition coefficient (Wildman–Crippen LogP) is 4.23. The second-order valence-corrected chi connectivity index (χ2v) is 7.56. The molecule has 2 aliphatic rings. The van der Waals surface area contributed by atoms with Crippen molar-refractivity contribution in [3.8, 4) is 0 Å². The van der Waals surface area contributed by atoms with Crippen molar-refractivity contribution in [2.45, 2.75) is 16.5 Å². The van der Waals surface area contributed by atoms with Crippen LogP contribution in [0, 0.1) is 0 Å². The first kappa shape index (κ1) is 17.9. The van der Waals surface area contributed by atoms with E-state index in [0.29, 0.717) is 12.0 Å². The van der Waals surface area contributed by atoms with E-state index in [4.69, 9.17) is 51.1 Å². The number of likely N-dealkylation sites (N-methyl/N-ethyl adjacent to an activating group) is 2. The monoisotopic (exact) mass is 406 g/mol. The third-order valence-corrected chi connectivity index (χ3v) is 5.74. The van der Waals surface area contributed by atoms with Crippen LogP contribution in [0.4, 0.5) is 0 Å². The van der Waals surface area contributed by atoms with Gasteiger partial charge in [0.05, 0.1) is 26.7 Å². The number of fused-ring (bicyclic) bond motifs is 1. The number of cyclic esters (lactones) is 1. The molecule has 0 radical (unpaired) electrons. The summed E-state index contributed by atoms with van der Waals surface area (Å²) in [5, 5.41) is 6.73. The highest BCUT2D eigenvalue weighted by molar-refractivity contribution is 6.51. The molecule has 1 aromatic carbocycles. The van der Waals surface area contributed by atoms with Gasteiger partial charge in [0.15, 0.2) is 0 Å². The normalized spacial score (nSPS) is 24.4. The molecule has 2 N–H and O–H groups in total. The van der Waals surface area contributed by atoms with Crippen molar-refractivity contribution in [3.63, 3.8) is 0 Å². The van der Waals surface area contributed by atoms with Crippen LogP contribution in [0.25, 0.3) is 0 Å². The van der Waals surface area contributed by atoms with Crippen molar-refractivity contribution in [1.82, 2.24) is 10.6 Å². The number of hydrogen-bond donors (Lipinski definition) is 2. The fourth-order valence-corrected chi connectivity index (χ4v) is 4.25. The van der Waals surface area contributed by atoms with E-state index in [9.17, 15) is 4.79 Å². The van der Waals surface area contributed by atoms with E-state index >= 15 is 0 Å². The molecule has 0 fully saturated rings. The second-order valence-electron chi connectivity index (χ2n) is 5.55. The molecule has 128 valence electrons. The van der Waals surface area contributed by atoms with Crippen LogP contribution in [-0.4, -0.2) is 20.1 Å². The average molecular weight is 408 g/mol. The molecular formula is C16H14Cl4N2O2. The maximum atomic E-state index is 12.1. The summed E-state index contributed by atoms with van der Waals surface area (Å²) in [7, 11) is 3.66. The lowest BCUT2D eigenvalue weighted by Crippen LogP contribution is -2.39. The maximum absolute atomic E-state index is 12.1. The minimum atomic E-state index is -1.83. The number of allylic oxidation sites excluding steroid dienone is 1. The highest BCUT2D eigenvalue weighted by atomic mass is 35.5. The van der Waals surface area contributed by atoms with E-state index in [2.05, 4.69) is 10.6 Å². The van der Waals surface area contributed by atoms with Gasteiger partial charge in [-0.3, -0.25) is 0 Å².